The average Bonchev–Trinajstić information content (AvgIpc) is 3.42. The van der Waals surface area contributed by atoms with Crippen molar-refractivity contribution in [3.63, 3.8) is 0 Å². The molecule has 0 spiro atoms. The number of aromatic nitrogens is 3. The monoisotopic (exact) mass is 740 g/mol. The van der Waals surface area contributed by atoms with Gasteiger partial charge in [-0.25, -0.2) is 4.68 Å². The summed E-state index contributed by atoms with van der Waals surface area (Å²) in [5.74, 6) is -1.14. The van der Waals surface area contributed by atoms with Crippen LogP contribution in [0.2, 0.25) is 0 Å². The van der Waals surface area contributed by atoms with Gasteiger partial charge in [0, 0.05) is 29.8 Å². The van der Waals surface area contributed by atoms with E-state index < -0.39 is 11.2 Å². The number of nitrogens with one attached hydrogen (secondary N) is 2. The molecule has 1 rings (SSSR count). The lowest BCUT2D eigenvalue weighted by atomic mass is 9.84. The zero-order valence-electron chi connectivity index (χ0n) is 32.4. The number of azide groups is 1. The van der Waals surface area contributed by atoms with E-state index in [1.807, 2.05) is 83.1 Å². The lowest BCUT2D eigenvalue weighted by molar-refractivity contribution is -0.193. The molecule has 19 nitrogen and oxygen atoms in total. The van der Waals surface area contributed by atoms with Gasteiger partial charge >= 0.3 is 24.2 Å². The number of carbonyl (C=O) groups excluding carboxylic acids is 8. The largest absolute Gasteiger partial charge is 0.460 e. The molecule has 3 N–H and O–H groups in total. The van der Waals surface area contributed by atoms with Crippen LogP contribution in [0.4, 0.5) is 0 Å². The first kappa shape index (κ1) is 51.4. The summed E-state index contributed by atoms with van der Waals surface area (Å²) in [5, 5.41) is 25.5. The number of nitrogens with zero attached hydrogens (tertiary/aromatic N) is 6. The molecule has 1 heterocycles. The first-order chi connectivity index (χ1) is 23.7. The molecule has 0 aliphatic carbocycles. The summed E-state index contributed by atoms with van der Waals surface area (Å²) < 4.78 is 11.9. The van der Waals surface area contributed by atoms with Crippen LogP contribution in [-0.4, -0.2) is 86.0 Å². The van der Waals surface area contributed by atoms with E-state index in [-0.39, 0.29) is 91.5 Å². The fraction of sp³-hybridized carbons (Fsp3) is 0.758. The number of hydrogen-bond acceptors (Lipinski definition) is 14. The van der Waals surface area contributed by atoms with Crippen LogP contribution in [0, 0.1) is 10.8 Å². The van der Waals surface area contributed by atoms with Crippen LogP contribution >= 0.6 is 0 Å². The van der Waals surface area contributed by atoms with Crippen LogP contribution in [0.1, 0.15) is 114 Å². The number of amides is 2. The number of rotatable bonds is 13. The predicted molar refractivity (Wildman–Crippen MR) is 183 cm³/mol. The van der Waals surface area contributed by atoms with Crippen molar-refractivity contribution in [1.29, 1.82) is 0 Å². The fourth-order valence-corrected chi connectivity index (χ4v) is 3.96. The summed E-state index contributed by atoms with van der Waals surface area (Å²) in [5.41, 5.74) is 7.16. The Kier molecular flexibility index (Phi) is 24.8. The second kappa shape index (κ2) is 25.1. The van der Waals surface area contributed by atoms with Crippen molar-refractivity contribution in [2.24, 2.45) is 15.9 Å². The van der Waals surface area contributed by atoms with Gasteiger partial charge in [-0.15, -0.1) is 5.10 Å². The number of esters is 2. The Morgan fingerprint density at radius 3 is 1.50 bits per heavy atom. The Morgan fingerprint density at radius 2 is 1.19 bits per heavy atom. The van der Waals surface area contributed by atoms with E-state index in [1.165, 1.54) is 10.9 Å². The molecule has 0 bridgehead atoms. The third kappa shape index (κ3) is 29.9. The maximum absolute atomic E-state index is 12.3. The van der Waals surface area contributed by atoms with Gasteiger partial charge in [-0.05, 0) is 70.7 Å². The van der Waals surface area contributed by atoms with Gasteiger partial charge in [-0.1, -0.05) is 51.9 Å². The highest BCUT2D eigenvalue weighted by molar-refractivity contribution is 5.78. The molecule has 0 radical (unpaired) electrons. The highest BCUT2D eigenvalue weighted by Crippen LogP contribution is 2.25. The van der Waals surface area contributed by atoms with E-state index in [4.69, 9.17) is 39.3 Å². The Balaban J connectivity index is -0.000000810. The van der Waals surface area contributed by atoms with Crippen molar-refractivity contribution < 1.29 is 52.9 Å². The van der Waals surface area contributed by atoms with Crippen molar-refractivity contribution in [2.75, 3.05) is 6.54 Å². The quantitative estimate of drug-likeness (QED) is 0.114. The van der Waals surface area contributed by atoms with E-state index >= 15 is 0 Å². The molecule has 52 heavy (non-hydrogen) atoms. The topological polar surface area (TPSA) is 279 Å². The summed E-state index contributed by atoms with van der Waals surface area (Å²) in [6.45, 7) is 22.4. The van der Waals surface area contributed by atoms with E-state index in [0.29, 0.717) is 18.5 Å². The maximum atomic E-state index is 12.3. The van der Waals surface area contributed by atoms with Crippen molar-refractivity contribution >= 4 is 36.1 Å². The third-order valence-electron chi connectivity index (χ3n) is 6.21. The van der Waals surface area contributed by atoms with E-state index in [1.54, 1.807) is 0 Å². The Bertz CT molecular complexity index is 1350. The van der Waals surface area contributed by atoms with Crippen LogP contribution in [0.3, 0.4) is 0 Å². The van der Waals surface area contributed by atoms with E-state index in [9.17, 15) is 19.2 Å². The molecule has 0 unspecified atom stereocenters. The molecule has 1 aromatic rings. The van der Waals surface area contributed by atoms with Crippen LogP contribution in [0.15, 0.2) is 11.3 Å². The first-order valence-electron chi connectivity index (χ1n) is 16.2. The zero-order valence-corrected chi connectivity index (χ0v) is 32.4. The van der Waals surface area contributed by atoms with Gasteiger partial charge in [0.15, 0.2) is 0 Å². The van der Waals surface area contributed by atoms with Crippen LogP contribution in [-0.2, 0) is 61.0 Å². The predicted octanol–water partition coefficient (Wildman–Crippen LogP) is 3.21. The van der Waals surface area contributed by atoms with Crippen LogP contribution in [0.5, 0.6) is 0 Å². The van der Waals surface area contributed by atoms with E-state index in [0.717, 1.165) is 0 Å². The highest BCUT2D eigenvalue weighted by atomic mass is 16.6. The van der Waals surface area contributed by atoms with Crippen molar-refractivity contribution in [3.8, 4) is 0 Å². The summed E-state index contributed by atoms with van der Waals surface area (Å²) in [4.78, 5) is 82.6. The second-order valence-electron chi connectivity index (χ2n) is 15.3. The van der Waals surface area contributed by atoms with Gasteiger partial charge < -0.3 is 25.2 Å². The molecule has 0 aliphatic heterocycles. The summed E-state index contributed by atoms with van der Waals surface area (Å²) >= 11 is 0. The second-order valence-corrected chi connectivity index (χ2v) is 15.3. The van der Waals surface area contributed by atoms with Crippen molar-refractivity contribution in [1.82, 2.24) is 25.6 Å². The Hall–Kier alpha value is -4.95. The van der Waals surface area contributed by atoms with Gasteiger partial charge in [0.05, 0.1) is 12.8 Å². The zero-order chi connectivity index (χ0) is 41.3. The molecule has 0 aliphatic rings. The minimum Gasteiger partial charge on any atom is -0.460 e. The smallest absolute Gasteiger partial charge is 0.373 e. The SMILES string of the molecule is CC(C)(C)OC(=O)CC[C@H](NC(=O)CN=[N+]=[N-])C(C)(C)C.CC(C)(C)OC(=O)CC[C@H](NC(=O)Cn1cc(CO)nn1)C(C)(C)C.O=C=O.O=C=O. The third-order valence-corrected chi connectivity index (χ3v) is 6.21. The minimum atomic E-state index is -0.519. The lowest BCUT2D eigenvalue weighted by Crippen LogP contribution is -2.45. The Labute approximate surface area is 304 Å². The maximum Gasteiger partial charge on any atom is 0.373 e. The molecule has 0 fully saturated rings. The number of aliphatic hydroxyl groups excluding tert-OH is 1. The van der Waals surface area contributed by atoms with Crippen molar-refractivity contribution in [3.05, 3.63) is 22.3 Å². The number of ether oxygens (including phenoxy) is 2. The first-order valence-corrected chi connectivity index (χ1v) is 16.2. The normalized spacial score (nSPS) is 12.0. The molecule has 0 saturated carbocycles. The molecule has 0 aromatic carbocycles. The van der Waals surface area contributed by atoms with Gasteiger partial charge in [-0.3, -0.25) is 19.2 Å². The number of aliphatic hydroxyl groups is 1. The van der Waals surface area contributed by atoms with Gasteiger partial charge in [0.2, 0.25) is 11.8 Å². The number of hydrogen-bond donors (Lipinski definition) is 3. The molecule has 294 valence electrons. The molecule has 2 amide bonds. The molecular formula is C33H56N8O11. The van der Waals surface area contributed by atoms with Gasteiger partial charge in [0.25, 0.3) is 0 Å². The molecular weight excluding hydrogens is 684 g/mol. The average molecular weight is 741 g/mol. The Morgan fingerprint density at radius 1 is 0.808 bits per heavy atom. The number of carbonyl (C=O) groups is 4. The lowest BCUT2D eigenvalue weighted by Gasteiger charge is -2.31. The summed E-state index contributed by atoms with van der Waals surface area (Å²) in [6.07, 6.45) is 3.44. The molecule has 19 heteroatoms. The van der Waals surface area contributed by atoms with Crippen LogP contribution < -0.4 is 10.6 Å². The van der Waals surface area contributed by atoms with Crippen LogP contribution in [0.25, 0.3) is 10.4 Å². The summed E-state index contributed by atoms with van der Waals surface area (Å²) in [7, 11) is 0. The van der Waals surface area contributed by atoms with Gasteiger partial charge in [-0.2, -0.15) is 19.2 Å². The highest BCUT2D eigenvalue weighted by Gasteiger charge is 2.29. The van der Waals surface area contributed by atoms with Gasteiger partial charge in [0.1, 0.15) is 30.0 Å². The standard InChI is InChI=1S/C17H30N4O4.C14H26N4O3.2CO2/c1-16(2,3)13(7-8-15(24)25-17(4,5)6)18-14(23)10-21-9-12(11-22)19-20-21;1-13(2,3)10(17-11(19)9-16-18-15)7-8-12(20)21-14(4,5)6;2*2-1-3/h9,13,22H,7-8,10-11H2,1-6H3,(H,18,23);10H,7-9H2,1-6H3,(H,17,19);;/t13-;10-;;/m00../s1. The molecule has 2 atom stereocenters. The van der Waals surface area contributed by atoms with Crippen molar-refractivity contribution in [2.45, 2.75) is 145 Å². The fourth-order valence-electron chi connectivity index (χ4n) is 3.96. The van der Waals surface area contributed by atoms with E-state index in [2.05, 4.69) is 31.0 Å². The minimum absolute atomic E-state index is 0.00597. The molecule has 0 saturated heterocycles. The molecule has 1 aromatic heterocycles. The summed E-state index contributed by atoms with van der Waals surface area (Å²) in [6, 6.07) is -0.389.